The van der Waals surface area contributed by atoms with Gasteiger partial charge in [-0.3, -0.25) is 0 Å². The molecule has 0 spiro atoms. The lowest BCUT2D eigenvalue weighted by Gasteiger charge is -2.16. The highest BCUT2D eigenvalue weighted by atomic mass is 14.1. The van der Waals surface area contributed by atoms with Crippen molar-refractivity contribution < 1.29 is 0 Å². The Morgan fingerprint density at radius 3 is 2.00 bits per heavy atom. The molecule has 0 aliphatic rings. The van der Waals surface area contributed by atoms with Gasteiger partial charge in [0.25, 0.3) is 0 Å². The lowest BCUT2D eigenvalue weighted by atomic mass is 9.90. The van der Waals surface area contributed by atoms with E-state index in [4.69, 9.17) is 0 Å². The molecule has 0 heterocycles. The minimum absolute atomic E-state index is 0.619. The molecule has 0 aromatic heterocycles. The van der Waals surface area contributed by atoms with Gasteiger partial charge in [-0.2, -0.15) is 0 Å². The van der Waals surface area contributed by atoms with E-state index in [1.165, 1.54) is 23.1 Å². The van der Waals surface area contributed by atoms with Crippen LogP contribution in [0.25, 0.3) is 0 Å². The van der Waals surface area contributed by atoms with Crippen LogP contribution in [-0.4, -0.2) is 0 Å². The summed E-state index contributed by atoms with van der Waals surface area (Å²) in [5, 5.41) is 0. The third kappa shape index (κ3) is 3.25. The van der Waals surface area contributed by atoms with Crippen LogP contribution in [0.2, 0.25) is 0 Å². The summed E-state index contributed by atoms with van der Waals surface area (Å²) in [6.45, 7) is 15.2. The lowest BCUT2D eigenvalue weighted by molar-refractivity contribution is 0.743. The summed E-state index contributed by atoms with van der Waals surface area (Å²) in [4.78, 5) is 0. The molecule has 0 radical (unpaired) electrons. The highest BCUT2D eigenvalue weighted by molar-refractivity contribution is 5.33. The van der Waals surface area contributed by atoms with Crippen molar-refractivity contribution in [1.82, 2.24) is 0 Å². The van der Waals surface area contributed by atoms with Gasteiger partial charge in [-0.1, -0.05) is 44.9 Å². The maximum absolute atomic E-state index is 4.13. The van der Waals surface area contributed by atoms with Crippen molar-refractivity contribution in [2.75, 3.05) is 0 Å². The number of allylic oxidation sites excluding steroid dienone is 3. The van der Waals surface area contributed by atoms with Crippen LogP contribution in [0.1, 0.15) is 47.5 Å². The van der Waals surface area contributed by atoms with E-state index < -0.39 is 0 Å². The van der Waals surface area contributed by atoms with Gasteiger partial charge in [-0.05, 0) is 31.8 Å². The minimum atomic E-state index is 0.619. The molecular weight excluding hydrogens is 144 g/mol. The van der Waals surface area contributed by atoms with Crippen molar-refractivity contribution >= 4 is 0 Å². The fourth-order valence-corrected chi connectivity index (χ4v) is 1.78. The number of hydrogen-bond donors (Lipinski definition) is 0. The van der Waals surface area contributed by atoms with Gasteiger partial charge in [0.15, 0.2) is 0 Å². The van der Waals surface area contributed by atoms with E-state index >= 15 is 0 Å². The van der Waals surface area contributed by atoms with Crippen LogP contribution in [0, 0.1) is 5.92 Å². The summed E-state index contributed by atoms with van der Waals surface area (Å²) in [5.74, 6) is 0.619. The van der Waals surface area contributed by atoms with Crippen LogP contribution >= 0.6 is 0 Å². The molecular formula is C12H22. The largest absolute Gasteiger partial charge is 0.0955 e. The molecule has 70 valence electrons. The Morgan fingerprint density at radius 2 is 1.75 bits per heavy atom. The third-order valence-corrected chi connectivity index (χ3v) is 2.05. The van der Waals surface area contributed by atoms with Crippen molar-refractivity contribution in [2.24, 2.45) is 5.92 Å². The molecule has 0 unspecified atom stereocenters. The van der Waals surface area contributed by atoms with E-state index in [9.17, 15) is 0 Å². The van der Waals surface area contributed by atoms with Gasteiger partial charge in [0, 0.05) is 0 Å². The first-order chi connectivity index (χ1) is 5.50. The van der Waals surface area contributed by atoms with Crippen molar-refractivity contribution in [1.29, 1.82) is 0 Å². The maximum atomic E-state index is 4.13. The minimum Gasteiger partial charge on any atom is -0.0955 e. The fraction of sp³-hybridized carbons (Fsp3) is 0.667. The van der Waals surface area contributed by atoms with Gasteiger partial charge in [0.1, 0.15) is 0 Å². The zero-order valence-corrected chi connectivity index (χ0v) is 9.20. The predicted octanol–water partition coefficient (Wildman–Crippen LogP) is 4.34. The van der Waals surface area contributed by atoms with Gasteiger partial charge in [-0.15, -0.1) is 0 Å². The zero-order valence-electron chi connectivity index (χ0n) is 9.20. The summed E-state index contributed by atoms with van der Waals surface area (Å²) < 4.78 is 0. The average Bonchev–Trinajstić information content (AvgIpc) is 1.85. The Kier molecular flexibility index (Phi) is 4.96. The molecule has 0 heteroatoms. The molecule has 0 rings (SSSR count). The van der Waals surface area contributed by atoms with E-state index in [0.29, 0.717) is 5.92 Å². The Balaban J connectivity index is 4.55. The normalized spacial score (nSPS) is 10.2. The molecule has 0 atom stereocenters. The summed E-state index contributed by atoms with van der Waals surface area (Å²) in [5.41, 5.74) is 4.22. The van der Waals surface area contributed by atoms with Crippen molar-refractivity contribution in [3.8, 4) is 0 Å². The summed E-state index contributed by atoms with van der Waals surface area (Å²) in [6.07, 6.45) is 2.33. The number of rotatable bonds is 4. The molecule has 12 heavy (non-hydrogen) atoms. The van der Waals surface area contributed by atoms with E-state index in [0.717, 1.165) is 6.42 Å². The third-order valence-electron chi connectivity index (χ3n) is 2.05. The highest BCUT2D eigenvalue weighted by Gasteiger charge is 2.07. The van der Waals surface area contributed by atoms with Crippen LogP contribution in [0.3, 0.4) is 0 Å². The SMILES string of the molecule is C=C(CCC)C(=C(C)C)C(C)C. The summed E-state index contributed by atoms with van der Waals surface area (Å²) >= 11 is 0. The van der Waals surface area contributed by atoms with Crippen molar-refractivity contribution in [3.05, 3.63) is 23.3 Å². The number of hydrogen-bond acceptors (Lipinski definition) is 0. The van der Waals surface area contributed by atoms with Gasteiger partial charge >= 0.3 is 0 Å². The highest BCUT2D eigenvalue weighted by Crippen LogP contribution is 2.24. The molecule has 0 saturated heterocycles. The lowest BCUT2D eigenvalue weighted by Crippen LogP contribution is -1.99. The zero-order chi connectivity index (χ0) is 9.72. The Labute approximate surface area is 77.4 Å². The molecule has 0 aliphatic carbocycles. The Morgan fingerprint density at radius 1 is 1.25 bits per heavy atom. The van der Waals surface area contributed by atoms with Crippen LogP contribution in [-0.2, 0) is 0 Å². The van der Waals surface area contributed by atoms with E-state index in [1.807, 2.05) is 0 Å². The summed E-state index contributed by atoms with van der Waals surface area (Å²) in [6, 6.07) is 0. The first kappa shape index (κ1) is 11.5. The molecule has 0 nitrogen and oxygen atoms in total. The monoisotopic (exact) mass is 166 g/mol. The topological polar surface area (TPSA) is 0 Å². The van der Waals surface area contributed by atoms with Gasteiger partial charge in [0.05, 0.1) is 0 Å². The first-order valence-electron chi connectivity index (χ1n) is 4.86. The van der Waals surface area contributed by atoms with Gasteiger partial charge in [-0.25, -0.2) is 0 Å². The average molecular weight is 166 g/mol. The molecule has 0 bridgehead atoms. The molecule has 0 aromatic rings. The van der Waals surface area contributed by atoms with E-state index in [-0.39, 0.29) is 0 Å². The smallest absolute Gasteiger partial charge is 0.0217 e. The summed E-state index contributed by atoms with van der Waals surface area (Å²) in [7, 11) is 0. The second-order valence-corrected chi connectivity index (χ2v) is 3.92. The van der Waals surface area contributed by atoms with E-state index in [2.05, 4.69) is 41.2 Å². The predicted molar refractivity (Wildman–Crippen MR) is 57.3 cm³/mol. The Hall–Kier alpha value is -0.520. The quantitative estimate of drug-likeness (QED) is 0.545. The van der Waals surface area contributed by atoms with Crippen LogP contribution in [0.5, 0.6) is 0 Å². The van der Waals surface area contributed by atoms with Crippen LogP contribution in [0.4, 0.5) is 0 Å². The fourth-order valence-electron chi connectivity index (χ4n) is 1.78. The maximum Gasteiger partial charge on any atom is -0.0217 e. The Bertz CT molecular complexity index is 178. The second-order valence-electron chi connectivity index (χ2n) is 3.92. The van der Waals surface area contributed by atoms with Gasteiger partial charge in [0.2, 0.25) is 0 Å². The van der Waals surface area contributed by atoms with Crippen molar-refractivity contribution in [2.45, 2.75) is 47.5 Å². The molecule has 0 fully saturated rings. The standard InChI is InChI=1S/C12H22/c1-7-8-11(6)12(9(2)3)10(4)5/h9H,6-8H2,1-5H3. The van der Waals surface area contributed by atoms with Crippen molar-refractivity contribution in [3.63, 3.8) is 0 Å². The molecule has 0 amide bonds. The van der Waals surface area contributed by atoms with Gasteiger partial charge < -0.3 is 0 Å². The van der Waals surface area contributed by atoms with Crippen LogP contribution in [0.15, 0.2) is 23.3 Å². The molecule has 0 aliphatic heterocycles. The van der Waals surface area contributed by atoms with E-state index in [1.54, 1.807) is 0 Å². The molecule has 0 N–H and O–H groups in total. The first-order valence-corrected chi connectivity index (χ1v) is 4.86. The second kappa shape index (κ2) is 5.18. The molecule has 0 aromatic carbocycles. The van der Waals surface area contributed by atoms with Crippen LogP contribution < -0.4 is 0 Å². The molecule has 0 saturated carbocycles.